The second kappa shape index (κ2) is 4.67. The van der Waals surface area contributed by atoms with E-state index < -0.39 is 5.79 Å². The number of ether oxygens (including phenoxy) is 2. The Bertz CT molecular complexity index is 390. The predicted molar refractivity (Wildman–Crippen MR) is 69.1 cm³/mol. The monoisotopic (exact) mass is 235 g/mol. The first-order valence-corrected chi connectivity index (χ1v) is 6.19. The molecule has 0 radical (unpaired) electrons. The maximum absolute atomic E-state index is 6.02. The highest BCUT2D eigenvalue weighted by Gasteiger charge is 2.41. The first-order valence-electron chi connectivity index (χ1n) is 6.19. The molecule has 1 aliphatic rings. The molecule has 1 N–H and O–H groups in total. The van der Waals surface area contributed by atoms with Gasteiger partial charge in [0.2, 0.25) is 0 Å². The van der Waals surface area contributed by atoms with Crippen LogP contribution in [0, 0.1) is 0 Å². The second-order valence-corrected chi connectivity index (χ2v) is 4.84. The van der Waals surface area contributed by atoms with Gasteiger partial charge in [-0.1, -0.05) is 25.1 Å². The minimum atomic E-state index is -0.494. The highest BCUT2D eigenvalue weighted by Crippen LogP contribution is 2.41. The van der Waals surface area contributed by atoms with Crippen molar-refractivity contribution in [1.29, 1.82) is 0 Å². The van der Waals surface area contributed by atoms with Gasteiger partial charge in [-0.05, 0) is 26.3 Å². The van der Waals surface area contributed by atoms with Crippen LogP contribution < -0.4 is 5.32 Å². The van der Waals surface area contributed by atoms with Crippen molar-refractivity contribution >= 4 is 5.69 Å². The molecule has 3 nitrogen and oxygen atoms in total. The summed E-state index contributed by atoms with van der Waals surface area (Å²) in [5.41, 5.74) is 2.28. The van der Waals surface area contributed by atoms with Crippen molar-refractivity contribution in [2.24, 2.45) is 0 Å². The number of hydrogen-bond donors (Lipinski definition) is 1. The van der Waals surface area contributed by atoms with E-state index in [0.717, 1.165) is 12.1 Å². The average Bonchev–Trinajstić information content (AvgIpc) is 2.64. The molecule has 2 rings (SSSR count). The number of hydrogen-bond acceptors (Lipinski definition) is 3. The van der Waals surface area contributed by atoms with Gasteiger partial charge in [-0.2, -0.15) is 0 Å². The number of para-hydroxylation sites is 1. The Balaban J connectivity index is 2.32. The summed E-state index contributed by atoms with van der Waals surface area (Å²) in [5, 5.41) is 3.21. The van der Waals surface area contributed by atoms with Crippen LogP contribution in [0.4, 0.5) is 5.69 Å². The average molecular weight is 235 g/mol. The molecule has 0 aliphatic carbocycles. The van der Waals surface area contributed by atoms with Gasteiger partial charge in [0.15, 0.2) is 5.79 Å². The smallest absolute Gasteiger partial charge is 0.164 e. The van der Waals surface area contributed by atoms with Crippen molar-refractivity contribution in [3.63, 3.8) is 0 Å². The van der Waals surface area contributed by atoms with Crippen LogP contribution >= 0.6 is 0 Å². The van der Waals surface area contributed by atoms with Crippen molar-refractivity contribution in [1.82, 2.24) is 0 Å². The van der Waals surface area contributed by atoms with Gasteiger partial charge in [0, 0.05) is 18.3 Å². The van der Waals surface area contributed by atoms with E-state index in [9.17, 15) is 0 Å². The SMILES string of the molecule is CC[C@@H]1OC(C)(C)O[C@H]1c1ccccc1NC. The molecular weight excluding hydrogens is 214 g/mol. The van der Waals surface area contributed by atoms with Gasteiger partial charge in [0.05, 0.1) is 6.10 Å². The largest absolute Gasteiger partial charge is 0.388 e. The van der Waals surface area contributed by atoms with Crippen molar-refractivity contribution in [2.45, 2.75) is 45.2 Å². The lowest BCUT2D eigenvalue weighted by Crippen LogP contribution is -2.21. The summed E-state index contributed by atoms with van der Waals surface area (Å²) in [6.45, 7) is 6.07. The number of benzene rings is 1. The minimum Gasteiger partial charge on any atom is -0.388 e. The van der Waals surface area contributed by atoms with Crippen LogP contribution in [0.3, 0.4) is 0 Å². The van der Waals surface area contributed by atoms with Crippen LogP contribution in [0.25, 0.3) is 0 Å². The standard InChI is InChI=1S/C14H21NO2/c1-5-12-13(17-14(2,3)16-12)10-8-6-7-9-11(10)15-4/h6-9,12-13,15H,5H2,1-4H3/t12-,13-/m0/s1. The summed E-state index contributed by atoms with van der Waals surface area (Å²) in [6, 6.07) is 8.23. The molecule has 0 bridgehead atoms. The van der Waals surface area contributed by atoms with Crippen molar-refractivity contribution in [3.8, 4) is 0 Å². The topological polar surface area (TPSA) is 30.5 Å². The maximum atomic E-state index is 6.02. The van der Waals surface area contributed by atoms with Crippen LogP contribution in [0.5, 0.6) is 0 Å². The fourth-order valence-corrected chi connectivity index (χ4v) is 2.37. The van der Waals surface area contributed by atoms with Crippen LogP contribution in [0.15, 0.2) is 24.3 Å². The van der Waals surface area contributed by atoms with Crippen LogP contribution in [0.2, 0.25) is 0 Å². The third-order valence-electron chi connectivity index (χ3n) is 3.12. The van der Waals surface area contributed by atoms with E-state index in [-0.39, 0.29) is 12.2 Å². The van der Waals surface area contributed by atoms with E-state index in [4.69, 9.17) is 9.47 Å². The predicted octanol–water partition coefficient (Wildman–Crippen LogP) is 3.33. The normalized spacial score (nSPS) is 27.1. The highest BCUT2D eigenvalue weighted by molar-refractivity contribution is 5.52. The summed E-state index contributed by atoms with van der Waals surface area (Å²) >= 11 is 0. The van der Waals surface area contributed by atoms with Crippen molar-refractivity contribution in [2.75, 3.05) is 12.4 Å². The summed E-state index contributed by atoms with van der Waals surface area (Å²) in [4.78, 5) is 0. The Morgan fingerprint density at radius 1 is 1.24 bits per heavy atom. The quantitative estimate of drug-likeness (QED) is 0.871. The zero-order valence-corrected chi connectivity index (χ0v) is 11.0. The summed E-state index contributed by atoms with van der Waals surface area (Å²) in [6.07, 6.45) is 1.09. The third kappa shape index (κ3) is 2.45. The molecule has 1 heterocycles. The van der Waals surface area contributed by atoms with Crippen LogP contribution in [0.1, 0.15) is 38.9 Å². The lowest BCUT2D eigenvalue weighted by molar-refractivity contribution is -0.146. The molecule has 1 aliphatic heterocycles. The molecule has 1 fully saturated rings. The van der Waals surface area contributed by atoms with Gasteiger partial charge >= 0.3 is 0 Å². The molecule has 17 heavy (non-hydrogen) atoms. The summed E-state index contributed by atoms with van der Waals surface area (Å²) in [5.74, 6) is -0.494. The first-order chi connectivity index (χ1) is 8.07. The van der Waals surface area contributed by atoms with Gasteiger partial charge in [0.1, 0.15) is 6.10 Å². The molecule has 0 unspecified atom stereocenters. The molecule has 1 saturated heterocycles. The Morgan fingerprint density at radius 2 is 1.94 bits per heavy atom. The fraction of sp³-hybridized carbons (Fsp3) is 0.571. The molecule has 0 amide bonds. The molecule has 1 aromatic rings. The van der Waals surface area contributed by atoms with Crippen molar-refractivity contribution < 1.29 is 9.47 Å². The fourth-order valence-electron chi connectivity index (χ4n) is 2.37. The van der Waals surface area contributed by atoms with Crippen LogP contribution in [-0.2, 0) is 9.47 Å². The van der Waals surface area contributed by atoms with Crippen molar-refractivity contribution in [3.05, 3.63) is 29.8 Å². The Labute approximate surface area is 103 Å². The lowest BCUT2D eigenvalue weighted by atomic mass is 10.0. The Hall–Kier alpha value is -1.06. The minimum absolute atomic E-state index is 0.0126. The van der Waals surface area contributed by atoms with E-state index in [1.165, 1.54) is 5.56 Å². The molecule has 1 aromatic carbocycles. The van der Waals surface area contributed by atoms with Crippen LogP contribution in [-0.4, -0.2) is 18.9 Å². The van der Waals surface area contributed by atoms with Gasteiger partial charge < -0.3 is 14.8 Å². The van der Waals surface area contributed by atoms with Gasteiger partial charge in [-0.15, -0.1) is 0 Å². The third-order valence-corrected chi connectivity index (χ3v) is 3.12. The zero-order chi connectivity index (χ0) is 12.5. The second-order valence-electron chi connectivity index (χ2n) is 4.84. The Kier molecular flexibility index (Phi) is 3.40. The lowest BCUT2D eigenvalue weighted by Gasteiger charge is -2.19. The highest BCUT2D eigenvalue weighted by atomic mass is 16.7. The molecule has 3 heteroatoms. The maximum Gasteiger partial charge on any atom is 0.164 e. The number of rotatable bonds is 3. The zero-order valence-electron chi connectivity index (χ0n) is 11.0. The van der Waals surface area contributed by atoms with E-state index in [1.807, 2.05) is 33.0 Å². The molecular formula is C14H21NO2. The number of anilines is 1. The molecule has 0 saturated carbocycles. The molecule has 2 atom stereocenters. The van der Waals surface area contributed by atoms with E-state index in [2.05, 4.69) is 24.4 Å². The van der Waals surface area contributed by atoms with Gasteiger partial charge in [-0.3, -0.25) is 0 Å². The summed E-state index contributed by atoms with van der Waals surface area (Å²) < 4.78 is 11.9. The Morgan fingerprint density at radius 3 is 2.59 bits per heavy atom. The van der Waals surface area contributed by atoms with Gasteiger partial charge in [-0.25, -0.2) is 0 Å². The first kappa shape index (κ1) is 12.4. The van der Waals surface area contributed by atoms with E-state index in [1.54, 1.807) is 0 Å². The number of nitrogens with one attached hydrogen (secondary N) is 1. The molecule has 0 aromatic heterocycles. The summed E-state index contributed by atoms with van der Waals surface area (Å²) in [7, 11) is 1.93. The van der Waals surface area contributed by atoms with E-state index in [0.29, 0.717) is 0 Å². The van der Waals surface area contributed by atoms with Gasteiger partial charge in [0.25, 0.3) is 0 Å². The molecule has 94 valence electrons. The molecule has 0 spiro atoms. The van der Waals surface area contributed by atoms with E-state index >= 15 is 0 Å².